The van der Waals surface area contributed by atoms with E-state index >= 15 is 0 Å². The summed E-state index contributed by atoms with van der Waals surface area (Å²) in [6.45, 7) is 2.20. The quantitative estimate of drug-likeness (QED) is 0.326. The lowest BCUT2D eigenvalue weighted by atomic mass is 10.0. The van der Waals surface area contributed by atoms with E-state index in [2.05, 4.69) is 5.32 Å². The Kier molecular flexibility index (Phi) is 9.06. The van der Waals surface area contributed by atoms with Crippen molar-refractivity contribution in [2.75, 3.05) is 6.54 Å². The number of nitro benzene ring substituents is 1. The number of nitro groups is 1. The van der Waals surface area contributed by atoms with Gasteiger partial charge in [-0.1, -0.05) is 73.7 Å². The first kappa shape index (κ1) is 25.6. The third kappa shape index (κ3) is 6.96. The molecule has 0 aliphatic carbocycles. The topological polar surface area (TPSA) is 92.6 Å². The number of hydrogen-bond donors (Lipinski definition) is 1. The summed E-state index contributed by atoms with van der Waals surface area (Å²) in [5.74, 6) is -1.36. The number of para-hydroxylation sites is 1. The molecule has 7 nitrogen and oxygen atoms in total. The first-order valence-corrected chi connectivity index (χ1v) is 11.5. The molecular weight excluding hydrogens is 449 g/mol. The first-order valence-electron chi connectivity index (χ1n) is 11.5. The highest BCUT2D eigenvalue weighted by molar-refractivity contribution is 5.89. The van der Waals surface area contributed by atoms with E-state index in [4.69, 9.17) is 0 Å². The van der Waals surface area contributed by atoms with Gasteiger partial charge in [-0.3, -0.25) is 19.7 Å². The van der Waals surface area contributed by atoms with Crippen molar-refractivity contribution in [2.24, 2.45) is 0 Å². The lowest BCUT2D eigenvalue weighted by Crippen LogP contribution is -2.51. The van der Waals surface area contributed by atoms with Crippen LogP contribution in [-0.4, -0.2) is 34.2 Å². The van der Waals surface area contributed by atoms with Gasteiger partial charge in [-0.25, -0.2) is 4.39 Å². The Morgan fingerprint density at radius 2 is 1.60 bits per heavy atom. The molecule has 0 heterocycles. The highest BCUT2D eigenvalue weighted by atomic mass is 19.1. The molecule has 8 heteroatoms. The minimum atomic E-state index is -0.932. The predicted octanol–water partition coefficient (Wildman–Crippen LogP) is 4.44. The lowest BCUT2D eigenvalue weighted by Gasteiger charge is -2.31. The maximum absolute atomic E-state index is 14.6. The van der Waals surface area contributed by atoms with Crippen LogP contribution in [0.1, 0.15) is 30.0 Å². The van der Waals surface area contributed by atoms with Gasteiger partial charge >= 0.3 is 0 Å². The van der Waals surface area contributed by atoms with Crippen molar-refractivity contribution in [1.82, 2.24) is 10.2 Å². The second-order valence-electron chi connectivity index (χ2n) is 8.17. The van der Waals surface area contributed by atoms with Gasteiger partial charge in [0.2, 0.25) is 11.8 Å². The number of carbonyl (C=O) groups is 2. The van der Waals surface area contributed by atoms with E-state index in [1.54, 1.807) is 24.3 Å². The van der Waals surface area contributed by atoms with Crippen LogP contribution in [0.2, 0.25) is 0 Å². The van der Waals surface area contributed by atoms with Gasteiger partial charge in [0.1, 0.15) is 11.9 Å². The van der Waals surface area contributed by atoms with Crippen molar-refractivity contribution >= 4 is 17.5 Å². The summed E-state index contributed by atoms with van der Waals surface area (Å²) >= 11 is 0. The van der Waals surface area contributed by atoms with E-state index in [9.17, 15) is 24.1 Å². The molecule has 3 rings (SSSR count). The molecule has 35 heavy (non-hydrogen) atoms. The Labute approximate surface area is 203 Å². The van der Waals surface area contributed by atoms with Crippen LogP contribution in [0.25, 0.3) is 0 Å². The third-order valence-corrected chi connectivity index (χ3v) is 5.65. The molecule has 0 unspecified atom stereocenters. The number of halogens is 1. The highest BCUT2D eigenvalue weighted by Gasteiger charge is 2.31. The van der Waals surface area contributed by atoms with Gasteiger partial charge < -0.3 is 10.2 Å². The van der Waals surface area contributed by atoms with Gasteiger partial charge in [0.25, 0.3) is 5.69 Å². The van der Waals surface area contributed by atoms with Crippen molar-refractivity contribution in [2.45, 2.75) is 38.8 Å². The maximum atomic E-state index is 14.6. The number of benzene rings is 3. The zero-order valence-electron chi connectivity index (χ0n) is 19.5. The molecule has 0 saturated heterocycles. The monoisotopic (exact) mass is 477 g/mol. The van der Waals surface area contributed by atoms with Crippen LogP contribution in [0.15, 0.2) is 78.9 Å². The summed E-state index contributed by atoms with van der Waals surface area (Å²) in [6.07, 6.45) is 0.632. The summed E-state index contributed by atoms with van der Waals surface area (Å²) in [6, 6.07) is 20.4. The van der Waals surface area contributed by atoms with Gasteiger partial charge in [-0.15, -0.1) is 0 Å². The summed E-state index contributed by atoms with van der Waals surface area (Å²) in [7, 11) is 0. The number of carbonyl (C=O) groups excluding carboxylic acids is 2. The van der Waals surface area contributed by atoms with Crippen molar-refractivity contribution in [3.05, 3.63) is 111 Å². The van der Waals surface area contributed by atoms with Crippen molar-refractivity contribution in [3.63, 3.8) is 0 Å². The van der Waals surface area contributed by atoms with Crippen LogP contribution in [0.4, 0.5) is 10.1 Å². The van der Waals surface area contributed by atoms with E-state index in [1.165, 1.54) is 29.2 Å². The van der Waals surface area contributed by atoms with Gasteiger partial charge in [0.15, 0.2) is 0 Å². The Bertz CT molecular complexity index is 1170. The zero-order chi connectivity index (χ0) is 25.2. The molecule has 3 aromatic carbocycles. The molecule has 0 bridgehead atoms. The normalized spacial score (nSPS) is 11.5. The second kappa shape index (κ2) is 12.4. The number of hydrogen-bond acceptors (Lipinski definition) is 4. The second-order valence-corrected chi connectivity index (χ2v) is 8.17. The molecule has 0 fully saturated rings. The highest BCUT2D eigenvalue weighted by Crippen LogP contribution is 2.22. The van der Waals surface area contributed by atoms with Gasteiger partial charge in [-0.2, -0.15) is 0 Å². The SMILES string of the molecule is CCCNC(=O)[C@@H](Cc1ccccc1)N(Cc1ccccc1F)C(=O)Cc1ccccc1[N+](=O)[O-]. The molecule has 182 valence electrons. The Balaban J connectivity index is 2.01. The number of rotatable bonds is 11. The Hall–Kier alpha value is -4.07. The first-order chi connectivity index (χ1) is 16.9. The van der Waals surface area contributed by atoms with Gasteiger partial charge in [0.05, 0.1) is 11.3 Å². The van der Waals surface area contributed by atoms with Crippen LogP contribution >= 0.6 is 0 Å². The predicted molar refractivity (Wildman–Crippen MR) is 131 cm³/mol. The van der Waals surface area contributed by atoms with Crippen LogP contribution in [0, 0.1) is 15.9 Å². The van der Waals surface area contributed by atoms with Gasteiger partial charge in [-0.05, 0) is 18.1 Å². The molecule has 3 aromatic rings. The van der Waals surface area contributed by atoms with Crippen molar-refractivity contribution in [3.8, 4) is 0 Å². The van der Waals surface area contributed by atoms with Crippen molar-refractivity contribution in [1.29, 1.82) is 0 Å². The fraction of sp³-hybridized carbons (Fsp3) is 0.259. The molecule has 0 aliphatic heterocycles. The van der Waals surface area contributed by atoms with Crippen LogP contribution in [-0.2, 0) is 29.0 Å². The van der Waals surface area contributed by atoms with Crippen LogP contribution < -0.4 is 5.32 Å². The minimum Gasteiger partial charge on any atom is -0.354 e. The third-order valence-electron chi connectivity index (χ3n) is 5.65. The fourth-order valence-corrected chi connectivity index (χ4v) is 3.83. The van der Waals surface area contributed by atoms with Gasteiger partial charge in [0, 0.05) is 36.7 Å². The summed E-state index contributed by atoms with van der Waals surface area (Å²) < 4.78 is 14.6. The number of amides is 2. The smallest absolute Gasteiger partial charge is 0.273 e. The summed E-state index contributed by atoms with van der Waals surface area (Å²) in [5.41, 5.74) is 1.14. The summed E-state index contributed by atoms with van der Waals surface area (Å²) in [4.78, 5) is 39.1. The van der Waals surface area contributed by atoms with E-state index < -0.39 is 22.7 Å². The van der Waals surface area contributed by atoms with E-state index in [1.807, 2.05) is 37.3 Å². The minimum absolute atomic E-state index is 0.150. The molecule has 0 aromatic heterocycles. The molecule has 0 saturated carbocycles. The molecule has 0 spiro atoms. The van der Waals surface area contributed by atoms with E-state index in [0.29, 0.717) is 13.0 Å². The van der Waals surface area contributed by atoms with Crippen LogP contribution in [0.5, 0.6) is 0 Å². The number of nitrogens with one attached hydrogen (secondary N) is 1. The maximum Gasteiger partial charge on any atom is 0.273 e. The number of nitrogens with zero attached hydrogens (tertiary/aromatic N) is 2. The van der Waals surface area contributed by atoms with Crippen molar-refractivity contribution < 1.29 is 18.9 Å². The van der Waals surface area contributed by atoms with Crippen LogP contribution in [0.3, 0.4) is 0 Å². The lowest BCUT2D eigenvalue weighted by molar-refractivity contribution is -0.385. The summed E-state index contributed by atoms with van der Waals surface area (Å²) in [5, 5.41) is 14.3. The van der Waals surface area contributed by atoms with E-state index in [0.717, 1.165) is 5.56 Å². The molecule has 0 radical (unpaired) electrons. The molecule has 1 atom stereocenters. The molecule has 1 N–H and O–H groups in total. The molecule has 2 amide bonds. The Morgan fingerprint density at radius 1 is 0.971 bits per heavy atom. The standard InChI is InChI=1S/C27H28FN3O4/c1-2-16-29-27(33)25(17-20-10-4-3-5-11-20)30(19-22-13-6-8-14-23(22)28)26(32)18-21-12-7-9-15-24(21)31(34)35/h3-15,25H,2,16-19H2,1H3,(H,29,33)/t25-/m1/s1. The molecule has 0 aliphatic rings. The fourth-order valence-electron chi connectivity index (χ4n) is 3.83. The zero-order valence-corrected chi connectivity index (χ0v) is 19.5. The van der Waals surface area contributed by atoms with E-state index in [-0.39, 0.29) is 42.1 Å². The average molecular weight is 478 g/mol. The average Bonchev–Trinajstić information content (AvgIpc) is 2.86. The Morgan fingerprint density at radius 3 is 2.26 bits per heavy atom. The largest absolute Gasteiger partial charge is 0.354 e. The molecular formula is C27H28FN3O4.